The van der Waals surface area contributed by atoms with E-state index in [4.69, 9.17) is 0 Å². The van der Waals surface area contributed by atoms with Gasteiger partial charge >= 0.3 is 5.69 Å². The minimum Gasteiger partial charge on any atom is -0.292 e. The summed E-state index contributed by atoms with van der Waals surface area (Å²) in [6.45, 7) is 1.24. The van der Waals surface area contributed by atoms with E-state index in [9.17, 15) is 18.4 Å². The molecule has 1 aromatic heterocycles. The van der Waals surface area contributed by atoms with E-state index in [2.05, 4.69) is 16.1 Å². The van der Waals surface area contributed by atoms with Crippen LogP contribution in [0.1, 0.15) is 11.3 Å². The van der Waals surface area contributed by atoms with Gasteiger partial charge < -0.3 is 0 Å². The minimum atomic E-state index is -0.737. The van der Waals surface area contributed by atoms with Gasteiger partial charge in [0.05, 0.1) is 22.7 Å². The molecule has 0 atom stereocenters. The molecule has 0 unspecified atom stereocenters. The molecule has 7 heteroatoms. The van der Waals surface area contributed by atoms with Crippen molar-refractivity contribution in [3.63, 3.8) is 0 Å². The van der Waals surface area contributed by atoms with Gasteiger partial charge in [0.1, 0.15) is 11.6 Å². The van der Waals surface area contributed by atoms with Crippen molar-refractivity contribution >= 4 is 16.1 Å². The highest BCUT2D eigenvalue weighted by atomic mass is 79.9. The van der Waals surface area contributed by atoms with E-state index in [1.807, 2.05) is 0 Å². The molecule has 0 aliphatic carbocycles. The van der Waals surface area contributed by atoms with Gasteiger partial charge in [0, 0.05) is 17.3 Å². The molecule has 0 aliphatic rings. The molecule has 0 amide bonds. The lowest BCUT2D eigenvalue weighted by molar-refractivity contribution is 0.535. The van der Waals surface area contributed by atoms with Crippen LogP contribution in [-0.2, 0) is 6.54 Å². The maximum Gasteiger partial charge on any atom is 0.341 e. The second-order valence-electron chi connectivity index (χ2n) is 3.97. The Morgan fingerprint density at radius 2 is 1.79 bits per heavy atom. The van der Waals surface area contributed by atoms with Crippen molar-refractivity contribution in [2.24, 2.45) is 0 Å². The Labute approximate surface area is 115 Å². The quantitative estimate of drug-likeness (QED) is 0.842. The molecule has 0 aliphatic heterocycles. The van der Waals surface area contributed by atoms with Crippen LogP contribution in [-0.4, -0.2) is 8.16 Å². The third-order valence-corrected chi connectivity index (χ3v) is 3.38. The third-order valence-electron chi connectivity index (χ3n) is 2.73. The molecule has 4 nitrogen and oxygen atoms in total. The van der Waals surface area contributed by atoms with Gasteiger partial charge in [-0.15, -0.1) is 0 Å². The number of aromatic nitrogens is 2. The van der Waals surface area contributed by atoms with Gasteiger partial charge in [0.25, 0.3) is 5.56 Å². The number of rotatable bonds is 2. The summed E-state index contributed by atoms with van der Waals surface area (Å²) < 4.78 is 28.9. The average Bonchev–Trinajstić information content (AvgIpc) is 2.35. The van der Waals surface area contributed by atoms with Gasteiger partial charge in [-0.1, -0.05) is 6.07 Å². The number of benzene rings is 1. The Bertz CT molecular complexity index is 732. The Morgan fingerprint density at radius 3 is 2.37 bits per heavy atom. The number of aryl methyl sites for hydroxylation is 1. The van der Waals surface area contributed by atoms with Crippen LogP contribution in [0, 0.1) is 18.6 Å². The fraction of sp³-hybridized carbons (Fsp3) is 0.167. The molecule has 0 bridgehead atoms. The summed E-state index contributed by atoms with van der Waals surface area (Å²) in [5.74, 6) is -1.47. The molecule has 0 saturated heterocycles. The molecular weight excluding hydrogens is 322 g/mol. The van der Waals surface area contributed by atoms with Crippen LogP contribution < -0.4 is 11.2 Å². The zero-order valence-electron chi connectivity index (χ0n) is 9.86. The summed E-state index contributed by atoms with van der Waals surface area (Å²) in [6, 6.07) is 4.68. The van der Waals surface area contributed by atoms with Crippen LogP contribution in [0.3, 0.4) is 0 Å². The summed E-state index contributed by atoms with van der Waals surface area (Å²) >= 11 is 2.80. The molecule has 0 saturated carbocycles. The largest absolute Gasteiger partial charge is 0.341 e. The number of nitrogens with zero attached hydrogens (tertiary/aromatic N) is 2. The van der Waals surface area contributed by atoms with Gasteiger partial charge in [0.2, 0.25) is 0 Å². The SMILES string of the molecule is Cc1cc(=O)n(Br)c(=O)n1Cc1c(F)cccc1F. The minimum absolute atomic E-state index is 0.223. The fourth-order valence-electron chi connectivity index (χ4n) is 1.70. The normalized spacial score (nSPS) is 10.7. The molecule has 0 radical (unpaired) electrons. The Hall–Kier alpha value is -1.76. The second-order valence-corrected chi connectivity index (χ2v) is 4.68. The molecule has 100 valence electrons. The first-order valence-corrected chi connectivity index (χ1v) is 6.05. The van der Waals surface area contributed by atoms with Gasteiger partial charge in [-0.05, 0) is 19.1 Å². The highest BCUT2D eigenvalue weighted by molar-refractivity contribution is 9.08. The van der Waals surface area contributed by atoms with Gasteiger partial charge in [-0.3, -0.25) is 9.36 Å². The smallest absolute Gasteiger partial charge is 0.292 e. The van der Waals surface area contributed by atoms with E-state index in [-0.39, 0.29) is 12.1 Å². The molecule has 2 rings (SSSR count). The van der Waals surface area contributed by atoms with Crippen LogP contribution in [0.15, 0.2) is 33.9 Å². The fourth-order valence-corrected chi connectivity index (χ4v) is 1.99. The highest BCUT2D eigenvalue weighted by Crippen LogP contribution is 2.13. The molecule has 0 spiro atoms. The monoisotopic (exact) mass is 330 g/mol. The second kappa shape index (κ2) is 5.08. The summed E-state index contributed by atoms with van der Waals surface area (Å²) in [7, 11) is 0. The lowest BCUT2D eigenvalue weighted by atomic mass is 10.2. The van der Waals surface area contributed by atoms with Crippen LogP contribution >= 0.6 is 16.1 Å². The lowest BCUT2D eigenvalue weighted by Crippen LogP contribution is -2.36. The zero-order valence-corrected chi connectivity index (χ0v) is 11.4. The maximum atomic E-state index is 13.5. The standard InChI is InChI=1S/C12H9BrF2N2O2/c1-7-5-11(18)17(13)12(19)16(7)6-8-9(14)3-2-4-10(8)15/h2-5H,6H2,1H3. The van der Waals surface area contributed by atoms with Crippen molar-refractivity contribution in [2.75, 3.05) is 0 Å². The average molecular weight is 331 g/mol. The van der Waals surface area contributed by atoms with E-state index < -0.39 is 22.9 Å². The molecule has 1 aromatic carbocycles. The number of hydrogen-bond donors (Lipinski definition) is 0. The van der Waals surface area contributed by atoms with Crippen molar-refractivity contribution in [2.45, 2.75) is 13.5 Å². The van der Waals surface area contributed by atoms with Crippen molar-refractivity contribution in [3.05, 3.63) is 68.0 Å². The van der Waals surface area contributed by atoms with E-state index in [0.717, 1.165) is 16.7 Å². The summed E-state index contributed by atoms with van der Waals surface area (Å²) in [4.78, 5) is 23.2. The molecule has 2 aromatic rings. The zero-order chi connectivity index (χ0) is 14.2. The van der Waals surface area contributed by atoms with Crippen molar-refractivity contribution in [3.8, 4) is 0 Å². The van der Waals surface area contributed by atoms with Crippen molar-refractivity contribution < 1.29 is 8.78 Å². The predicted molar refractivity (Wildman–Crippen MR) is 69.5 cm³/mol. The van der Waals surface area contributed by atoms with Gasteiger partial charge in [-0.2, -0.15) is 3.59 Å². The van der Waals surface area contributed by atoms with Crippen LogP contribution in [0.4, 0.5) is 8.78 Å². The maximum absolute atomic E-state index is 13.5. The predicted octanol–water partition coefficient (Wildman–Crippen LogP) is 1.80. The molecule has 0 fully saturated rings. The summed E-state index contributed by atoms with van der Waals surface area (Å²) in [5, 5.41) is 0. The summed E-state index contributed by atoms with van der Waals surface area (Å²) in [5.41, 5.74) is -1.12. The number of hydrogen-bond acceptors (Lipinski definition) is 2. The van der Waals surface area contributed by atoms with Crippen molar-refractivity contribution in [1.29, 1.82) is 0 Å². The Kier molecular flexibility index (Phi) is 3.66. The molecule has 1 heterocycles. The Morgan fingerprint density at radius 1 is 1.21 bits per heavy atom. The first-order valence-electron chi connectivity index (χ1n) is 5.34. The van der Waals surface area contributed by atoms with E-state index >= 15 is 0 Å². The molecule has 19 heavy (non-hydrogen) atoms. The lowest BCUT2D eigenvalue weighted by Gasteiger charge is -2.11. The first-order chi connectivity index (χ1) is 8.91. The number of halogens is 3. The van der Waals surface area contributed by atoms with Crippen LogP contribution in [0.5, 0.6) is 0 Å². The Balaban J connectivity index is 2.60. The molecule has 0 N–H and O–H groups in total. The van der Waals surface area contributed by atoms with Crippen molar-refractivity contribution in [1.82, 2.24) is 8.16 Å². The summed E-state index contributed by atoms with van der Waals surface area (Å²) in [6.07, 6.45) is 0. The van der Waals surface area contributed by atoms with Crippen LogP contribution in [0.2, 0.25) is 0 Å². The van der Waals surface area contributed by atoms with E-state index in [1.54, 1.807) is 0 Å². The third kappa shape index (κ3) is 2.51. The molecular formula is C12H9BrF2N2O2. The van der Waals surface area contributed by atoms with E-state index in [0.29, 0.717) is 9.29 Å². The van der Waals surface area contributed by atoms with Gasteiger partial charge in [-0.25, -0.2) is 13.6 Å². The first kappa shape index (κ1) is 13.7. The van der Waals surface area contributed by atoms with Crippen LogP contribution in [0.25, 0.3) is 0 Å². The van der Waals surface area contributed by atoms with E-state index in [1.165, 1.54) is 19.1 Å². The van der Waals surface area contributed by atoms with Gasteiger partial charge in [0.15, 0.2) is 0 Å². The topological polar surface area (TPSA) is 44.0 Å². The highest BCUT2D eigenvalue weighted by Gasteiger charge is 2.13.